The molecule has 2 saturated carbocycles. The maximum absolute atomic E-state index is 14.0. The largest absolute Gasteiger partial charge is 0.382 e. The molecule has 0 radical (unpaired) electrons. The van der Waals surface area contributed by atoms with E-state index < -0.39 is 5.92 Å². The summed E-state index contributed by atoms with van der Waals surface area (Å²) in [4.78, 5) is 5.94. The van der Waals surface area contributed by atoms with E-state index in [0.29, 0.717) is 5.92 Å². The van der Waals surface area contributed by atoms with Gasteiger partial charge in [0.2, 0.25) is 5.92 Å². The Morgan fingerprint density at radius 1 is 1.17 bits per heavy atom. The molecule has 0 bridgehead atoms. The predicted octanol–water partition coefficient (Wildman–Crippen LogP) is 5.69. The highest BCUT2D eigenvalue weighted by atomic mass is 19.3. The molecule has 3 fully saturated rings. The highest BCUT2D eigenvalue weighted by molar-refractivity contribution is 5.97. The van der Waals surface area contributed by atoms with Gasteiger partial charge in [-0.2, -0.15) is 5.10 Å². The van der Waals surface area contributed by atoms with Gasteiger partial charge in [0, 0.05) is 48.1 Å². The van der Waals surface area contributed by atoms with E-state index in [2.05, 4.69) is 46.2 Å². The molecule has 1 atom stereocenters. The molecule has 5 nitrogen and oxygen atoms in total. The number of fused-ring (bicyclic) bond motifs is 1. The van der Waals surface area contributed by atoms with Crippen molar-refractivity contribution < 1.29 is 8.78 Å². The lowest BCUT2D eigenvalue weighted by molar-refractivity contribution is -0.186. The van der Waals surface area contributed by atoms with Crippen LogP contribution in [0, 0.1) is 12.3 Å². The van der Waals surface area contributed by atoms with E-state index in [-0.39, 0.29) is 30.1 Å². The number of hydrazone groups is 1. The Morgan fingerprint density at radius 3 is 2.57 bits per heavy atom. The number of aromatic amines is 1. The Balaban J connectivity index is 1.36. The summed E-state index contributed by atoms with van der Waals surface area (Å²) in [5.41, 5.74) is 12.9. The van der Waals surface area contributed by atoms with Gasteiger partial charge in [-0.05, 0) is 78.8 Å². The van der Waals surface area contributed by atoms with Gasteiger partial charge in [-0.25, -0.2) is 8.78 Å². The summed E-state index contributed by atoms with van der Waals surface area (Å²) in [6.45, 7) is 3.82. The van der Waals surface area contributed by atoms with Crippen LogP contribution in [0.1, 0.15) is 78.3 Å². The van der Waals surface area contributed by atoms with Crippen molar-refractivity contribution in [3.05, 3.63) is 70.4 Å². The molecule has 6 rings (SSSR count). The van der Waals surface area contributed by atoms with E-state index in [9.17, 15) is 8.78 Å². The number of hydrogen-bond donors (Lipinski definition) is 3. The van der Waals surface area contributed by atoms with Gasteiger partial charge in [0.25, 0.3) is 0 Å². The smallest absolute Gasteiger partial charge is 0.249 e. The zero-order valence-electron chi connectivity index (χ0n) is 20.2. The van der Waals surface area contributed by atoms with Crippen LogP contribution in [0.5, 0.6) is 0 Å². The molecule has 1 aliphatic heterocycles. The molecule has 1 spiro atoms. The van der Waals surface area contributed by atoms with Crippen LogP contribution in [0.15, 0.2) is 47.7 Å². The lowest BCUT2D eigenvalue weighted by Gasteiger charge is -2.54. The van der Waals surface area contributed by atoms with E-state index >= 15 is 0 Å². The molecular weight excluding hydrogens is 444 g/mol. The Kier molecular flexibility index (Phi) is 5.18. The number of H-pyrrole nitrogens is 1. The van der Waals surface area contributed by atoms with Crippen molar-refractivity contribution in [1.82, 2.24) is 9.88 Å². The van der Waals surface area contributed by atoms with Crippen LogP contribution in [0.3, 0.4) is 0 Å². The molecule has 35 heavy (non-hydrogen) atoms. The summed E-state index contributed by atoms with van der Waals surface area (Å²) >= 11 is 0. The molecule has 3 aliphatic rings. The third kappa shape index (κ3) is 3.99. The Morgan fingerprint density at radius 2 is 1.91 bits per heavy atom. The van der Waals surface area contributed by atoms with Gasteiger partial charge in [0.1, 0.15) is 5.84 Å². The lowest BCUT2D eigenvalue weighted by atomic mass is 9.59. The van der Waals surface area contributed by atoms with Gasteiger partial charge in [-0.15, -0.1) is 0 Å². The van der Waals surface area contributed by atoms with E-state index in [1.165, 1.54) is 40.4 Å². The molecule has 2 aliphatic carbocycles. The number of aromatic nitrogens is 1. The topological polar surface area (TPSA) is 83.4 Å². The number of alkyl halides is 2. The fraction of sp³-hybridized carbons (Fsp3) is 0.464. The van der Waals surface area contributed by atoms with Gasteiger partial charge in [0.15, 0.2) is 0 Å². The summed E-state index contributed by atoms with van der Waals surface area (Å²) in [7, 11) is 0. The van der Waals surface area contributed by atoms with Crippen molar-refractivity contribution in [3.63, 3.8) is 0 Å². The molecular formula is C28H33F2N5. The van der Waals surface area contributed by atoms with Crippen LogP contribution >= 0.6 is 0 Å². The molecule has 1 aromatic heterocycles. The van der Waals surface area contributed by atoms with Crippen LogP contribution in [-0.4, -0.2) is 28.2 Å². The van der Waals surface area contributed by atoms with Gasteiger partial charge in [0.05, 0.1) is 0 Å². The third-order valence-electron chi connectivity index (χ3n) is 8.56. The van der Waals surface area contributed by atoms with E-state index in [4.69, 9.17) is 11.6 Å². The predicted molar refractivity (Wildman–Crippen MR) is 135 cm³/mol. The highest BCUT2D eigenvalue weighted by Gasteiger charge is 2.58. The van der Waals surface area contributed by atoms with Gasteiger partial charge >= 0.3 is 0 Å². The minimum atomic E-state index is -2.52. The number of nitrogens with one attached hydrogen (secondary N) is 1. The standard InChI is InChI=1S/C28H33F2N5/c1-17-12-22(18-2-3-18)23(21-8-10-33-25(17)21)14-35-11-9-27(15-28(29,30)16-27)13-24(35)19-4-6-20(7-5-19)26(31)34-32/h4-8,10,12,18,24,33H,2-3,9,11,13-16,32H2,1H3,(H2,31,34)/t24-/m0/s1. The first-order chi connectivity index (χ1) is 16.8. The molecule has 0 amide bonds. The van der Waals surface area contributed by atoms with Crippen LogP contribution in [-0.2, 0) is 6.54 Å². The van der Waals surface area contributed by atoms with Crippen LogP contribution < -0.4 is 11.6 Å². The number of nitrogens with zero attached hydrogens (tertiary/aromatic N) is 2. The number of halogens is 2. The number of benzene rings is 2. The molecule has 3 aromatic rings. The first-order valence-electron chi connectivity index (χ1n) is 12.6. The van der Waals surface area contributed by atoms with Crippen molar-refractivity contribution in [1.29, 1.82) is 0 Å². The number of hydrogen-bond acceptors (Lipinski definition) is 3. The first-order valence-corrected chi connectivity index (χ1v) is 12.6. The maximum atomic E-state index is 14.0. The quantitative estimate of drug-likeness (QED) is 0.191. The SMILES string of the molecule is Cc1cc(C2CC2)c(CN2CCC3(C[C@H]2c2ccc(/C(N)=N/N)cc2)CC(F)(F)C3)c2cc[nH]c12. The van der Waals surface area contributed by atoms with Crippen molar-refractivity contribution in [2.24, 2.45) is 22.1 Å². The molecule has 2 heterocycles. The normalized spacial score (nSPS) is 24.1. The summed E-state index contributed by atoms with van der Waals surface area (Å²) in [6, 6.07) is 12.6. The van der Waals surface area contributed by atoms with Crippen molar-refractivity contribution in [2.45, 2.75) is 69.9 Å². The van der Waals surface area contributed by atoms with Gasteiger partial charge < -0.3 is 16.6 Å². The van der Waals surface area contributed by atoms with E-state index in [1.807, 2.05) is 18.3 Å². The Labute approximate surface area is 204 Å². The zero-order chi connectivity index (χ0) is 24.4. The summed E-state index contributed by atoms with van der Waals surface area (Å²) < 4.78 is 28.0. The second-order valence-corrected chi connectivity index (χ2v) is 11.1. The van der Waals surface area contributed by atoms with Crippen LogP contribution in [0.2, 0.25) is 0 Å². The van der Waals surface area contributed by atoms with Gasteiger partial charge in [-0.3, -0.25) is 4.90 Å². The average molecular weight is 478 g/mol. The molecule has 2 aromatic carbocycles. The minimum absolute atomic E-state index is 0.00904. The molecule has 5 N–H and O–H groups in total. The fourth-order valence-electron chi connectivity index (χ4n) is 6.65. The monoisotopic (exact) mass is 477 g/mol. The summed E-state index contributed by atoms with van der Waals surface area (Å²) in [6.07, 6.45) is 6.11. The second kappa shape index (κ2) is 8.05. The molecule has 184 valence electrons. The molecule has 7 heteroatoms. The number of nitrogens with two attached hydrogens (primary N) is 2. The number of amidine groups is 1. The Bertz CT molecular complexity index is 1280. The average Bonchev–Trinajstić information content (AvgIpc) is 3.55. The third-order valence-corrected chi connectivity index (χ3v) is 8.56. The zero-order valence-corrected chi connectivity index (χ0v) is 20.2. The lowest BCUT2D eigenvalue weighted by Crippen LogP contribution is -2.53. The fourth-order valence-corrected chi connectivity index (χ4v) is 6.65. The van der Waals surface area contributed by atoms with Crippen molar-refractivity contribution in [3.8, 4) is 0 Å². The number of piperidine rings is 1. The number of aryl methyl sites for hydroxylation is 1. The van der Waals surface area contributed by atoms with Crippen LogP contribution in [0.4, 0.5) is 8.78 Å². The first kappa shape index (κ1) is 22.5. The molecule has 1 saturated heterocycles. The Hall–Kier alpha value is -2.93. The number of rotatable bonds is 5. The van der Waals surface area contributed by atoms with E-state index in [0.717, 1.165) is 37.1 Å². The highest BCUT2D eigenvalue weighted by Crippen LogP contribution is 2.60. The maximum Gasteiger partial charge on any atom is 0.249 e. The molecule has 0 unspecified atom stereocenters. The minimum Gasteiger partial charge on any atom is -0.382 e. The summed E-state index contributed by atoms with van der Waals surface area (Å²) in [5, 5.41) is 4.89. The van der Waals surface area contributed by atoms with Crippen molar-refractivity contribution >= 4 is 16.7 Å². The summed E-state index contributed by atoms with van der Waals surface area (Å²) in [5.74, 6) is 3.76. The number of likely N-dealkylation sites (tertiary alicyclic amines) is 1. The van der Waals surface area contributed by atoms with Crippen LogP contribution in [0.25, 0.3) is 10.9 Å². The van der Waals surface area contributed by atoms with Crippen molar-refractivity contribution in [2.75, 3.05) is 6.54 Å². The van der Waals surface area contributed by atoms with Gasteiger partial charge in [-0.1, -0.05) is 30.3 Å². The van der Waals surface area contributed by atoms with E-state index in [1.54, 1.807) is 0 Å². The second-order valence-electron chi connectivity index (χ2n) is 11.1.